The number of carbonyl (C=O) groups is 2. The quantitative estimate of drug-likeness (QED) is 0.794. The number of anilines is 1. The molecular weight excluding hydrogens is 402 g/mol. The van der Waals surface area contributed by atoms with Crippen LogP contribution in [0.2, 0.25) is 0 Å². The van der Waals surface area contributed by atoms with E-state index in [9.17, 15) is 18.0 Å². The fraction of sp³-hybridized carbons (Fsp3) is 0.364. The molecule has 2 aliphatic heterocycles. The lowest BCUT2D eigenvalue weighted by Gasteiger charge is -2.25. The summed E-state index contributed by atoms with van der Waals surface area (Å²) in [5.74, 6) is -0.348. The van der Waals surface area contributed by atoms with Gasteiger partial charge in [-0.05, 0) is 49.2 Å². The van der Waals surface area contributed by atoms with Gasteiger partial charge >= 0.3 is 0 Å². The van der Waals surface area contributed by atoms with Crippen molar-refractivity contribution in [3.05, 3.63) is 60.2 Å². The summed E-state index contributed by atoms with van der Waals surface area (Å²) in [6.07, 6.45) is 3.04. The third-order valence-electron chi connectivity index (χ3n) is 5.60. The molecular formula is C22H25N3O4S. The number of carbonyl (C=O) groups excluding carboxylic acids is 2. The van der Waals surface area contributed by atoms with E-state index in [-0.39, 0.29) is 29.2 Å². The van der Waals surface area contributed by atoms with Crippen molar-refractivity contribution >= 4 is 27.5 Å². The predicted octanol–water partition coefficient (Wildman–Crippen LogP) is 2.40. The monoisotopic (exact) mass is 427 g/mol. The molecule has 2 fully saturated rings. The summed E-state index contributed by atoms with van der Waals surface area (Å²) in [5.41, 5.74) is 1.18. The number of hydrogen-bond acceptors (Lipinski definition) is 4. The van der Waals surface area contributed by atoms with Crippen LogP contribution in [0.5, 0.6) is 0 Å². The Morgan fingerprint density at radius 1 is 0.933 bits per heavy atom. The number of para-hydroxylation sites is 1. The fourth-order valence-electron chi connectivity index (χ4n) is 3.96. The van der Waals surface area contributed by atoms with Crippen molar-refractivity contribution in [3.8, 4) is 0 Å². The Morgan fingerprint density at radius 2 is 1.60 bits per heavy atom. The average Bonchev–Trinajstić information content (AvgIpc) is 3.15. The van der Waals surface area contributed by atoms with Gasteiger partial charge in [-0.15, -0.1) is 0 Å². The van der Waals surface area contributed by atoms with Gasteiger partial charge < -0.3 is 10.2 Å². The van der Waals surface area contributed by atoms with Crippen LogP contribution < -0.4 is 10.2 Å². The Labute approximate surface area is 176 Å². The minimum absolute atomic E-state index is 0.0329. The van der Waals surface area contributed by atoms with Gasteiger partial charge in [0.2, 0.25) is 15.9 Å². The van der Waals surface area contributed by atoms with E-state index < -0.39 is 10.0 Å². The fourth-order valence-corrected chi connectivity index (χ4v) is 5.48. The van der Waals surface area contributed by atoms with E-state index in [0.717, 1.165) is 24.9 Å². The van der Waals surface area contributed by atoms with Gasteiger partial charge in [-0.25, -0.2) is 8.42 Å². The minimum Gasteiger partial charge on any atom is -0.347 e. The van der Waals surface area contributed by atoms with Crippen LogP contribution in [0.25, 0.3) is 0 Å². The maximum absolute atomic E-state index is 12.7. The van der Waals surface area contributed by atoms with Crippen molar-refractivity contribution in [3.63, 3.8) is 0 Å². The Balaban J connectivity index is 1.40. The van der Waals surface area contributed by atoms with Crippen molar-refractivity contribution in [2.45, 2.75) is 36.6 Å². The zero-order chi connectivity index (χ0) is 21.1. The number of benzene rings is 2. The van der Waals surface area contributed by atoms with Gasteiger partial charge in [-0.2, -0.15) is 4.31 Å². The second-order valence-electron chi connectivity index (χ2n) is 7.70. The van der Waals surface area contributed by atoms with E-state index in [4.69, 9.17) is 0 Å². The number of piperidine rings is 1. The van der Waals surface area contributed by atoms with Crippen LogP contribution in [0.4, 0.5) is 5.69 Å². The van der Waals surface area contributed by atoms with E-state index in [2.05, 4.69) is 5.32 Å². The summed E-state index contributed by atoms with van der Waals surface area (Å²) in [7, 11) is -3.52. The predicted molar refractivity (Wildman–Crippen MR) is 114 cm³/mol. The molecule has 0 aromatic heterocycles. The van der Waals surface area contributed by atoms with E-state index in [1.54, 1.807) is 4.90 Å². The summed E-state index contributed by atoms with van der Waals surface area (Å²) in [6.45, 7) is 1.49. The third kappa shape index (κ3) is 4.24. The highest BCUT2D eigenvalue weighted by molar-refractivity contribution is 7.89. The molecule has 7 nitrogen and oxygen atoms in total. The Kier molecular flexibility index (Phi) is 5.87. The topological polar surface area (TPSA) is 86.8 Å². The highest BCUT2D eigenvalue weighted by Crippen LogP contribution is 2.23. The molecule has 2 saturated heterocycles. The molecule has 0 radical (unpaired) electrons. The molecule has 158 valence electrons. The van der Waals surface area contributed by atoms with Gasteiger partial charge in [0.05, 0.1) is 10.9 Å². The molecule has 1 N–H and O–H groups in total. The van der Waals surface area contributed by atoms with Gasteiger partial charge in [-0.3, -0.25) is 9.59 Å². The van der Waals surface area contributed by atoms with Crippen molar-refractivity contribution in [1.29, 1.82) is 0 Å². The van der Waals surface area contributed by atoms with Gasteiger partial charge in [-0.1, -0.05) is 24.6 Å². The highest BCUT2D eigenvalue weighted by Gasteiger charge is 2.32. The molecule has 2 heterocycles. The molecule has 2 aliphatic rings. The summed E-state index contributed by atoms with van der Waals surface area (Å²) >= 11 is 0. The van der Waals surface area contributed by atoms with Gasteiger partial charge in [0.1, 0.15) is 0 Å². The van der Waals surface area contributed by atoms with Crippen molar-refractivity contribution in [1.82, 2.24) is 9.62 Å². The smallest absolute Gasteiger partial charge is 0.251 e. The molecule has 2 aromatic rings. The molecule has 30 heavy (non-hydrogen) atoms. The van der Waals surface area contributed by atoms with Crippen LogP contribution in [0.1, 0.15) is 36.0 Å². The molecule has 4 rings (SSSR count). The zero-order valence-electron chi connectivity index (χ0n) is 16.7. The lowest BCUT2D eigenvalue weighted by Crippen LogP contribution is -2.37. The molecule has 0 bridgehead atoms. The largest absolute Gasteiger partial charge is 0.347 e. The van der Waals surface area contributed by atoms with Crippen LogP contribution in [0.15, 0.2) is 59.5 Å². The normalized spacial score (nSPS) is 20.3. The SMILES string of the molecule is O=C(N[C@@H]1CC(=O)N(c2ccccc2)C1)c1ccc(S(=O)(=O)N2CCCCC2)cc1. The molecule has 8 heteroatoms. The number of rotatable bonds is 5. The summed E-state index contributed by atoms with van der Waals surface area (Å²) in [6, 6.07) is 15.1. The Hall–Kier alpha value is -2.71. The Bertz CT molecular complexity index is 1020. The summed E-state index contributed by atoms with van der Waals surface area (Å²) in [4.78, 5) is 26.8. The van der Waals surface area contributed by atoms with Crippen molar-refractivity contribution in [2.75, 3.05) is 24.5 Å². The molecule has 0 spiro atoms. The molecule has 0 saturated carbocycles. The first-order chi connectivity index (χ1) is 14.4. The third-order valence-corrected chi connectivity index (χ3v) is 7.51. The van der Waals surface area contributed by atoms with E-state index >= 15 is 0 Å². The maximum atomic E-state index is 12.7. The number of nitrogens with zero attached hydrogens (tertiary/aromatic N) is 2. The number of amides is 2. The lowest BCUT2D eigenvalue weighted by atomic mass is 10.2. The summed E-state index contributed by atoms with van der Waals surface area (Å²) < 4.78 is 27.0. The standard InChI is InChI=1S/C22H25N3O4S/c26-21-15-18(16-25(21)19-7-3-1-4-8-19)23-22(27)17-9-11-20(12-10-17)30(28,29)24-13-5-2-6-14-24/h1,3-4,7-12,18H,2,5-6,13-16H2,(H,23,27)/t18-/m1/s1. The molecule has 2 aromatic carbocycles. The summed E-state index contributed by atoms with van der Waals surface area (Å²) in [5, 5.41) is 2.89. The number of nitrogens with one attached hydrogen (secondary N) is 1. The molecule has 0 unspecified atom stereocenters. The molecule has 0 aliphatic carbocycles. The second-order valence-corrected chi connectivity index (χ2v) is 9.64. The maximum Gasteiger partial charge on any atom is 0.251 e. The van der Waals surface area contributed by atoms with E-state index in [0.29, 0.717) is 25.2 Å². The average molecular weight is 428 g/mol. The second kappa shape index (κ2) is 8.57. The molecule has 1 atom stereocenters. The first-order valence-electron chi connectivity index (χ1n) is 10.2. The van der Waals surface area contributed by atoms with Crippen LogP contribution in [-0.2, 0) is 14.8 Å². The van der Waals surface area contributed by atoms with Crippen LogP contribution in [0.3, 0.4) is 0 Å². The van der Waals surface area contributed by atoms with Crippen LogP contribution in [0, 0.1) is 0 Å². The highest BCUT2D eigenvalue weighted by atomic mass is 32.2. The minimum atomic E-state index is -3.52. The van der Waals surface area contributed by atoms with Crippen molar-refractivity contribution < 1.29 is 18.0 Å². The van der Waals surface area contributed by atoms with Crippen LogP contribution in [-0.4, -0.2) is 50.2 Å². The first-order valence-corrected chi connectivity index (χ1v) is 11.7. The first kappa shape index (κ1) is 20.6. The lowest BCUT2D eigenvalue weighted by molar-refractivity contribution is -0.117. The van der Waals surface area contributed by atoms with Crippen LogP contribution >= 0.6 is 0 Å². The van der Waals surface area contributed by atoms with Gasteiger partial charge in [0.15, 0.2) is 0 Å². The number of sulfonamides is 1. The Morgan fingerprint density at radius 3 is 2.27 bits per heavy atom. The van der Waals surface area contributed by atoms with Crippen molar-refractivity contribution in [2.24, 2.45) is 0 Å². The zero-order valence-corrected chi connectivity index (χ0v) is 17.5. The number of hydrogen-bond donors (Lipinski definition) is 1. The van der Waals surface area contributed by atoms with Gasteiger partial charge in [0.25, 0.3) is 5.91 Å². The van der Waals surface area contributed by atoms with E-state index in [1.165, 1.54) is 28.6 Å². The van der Waals surface area contributed by atoms with E-state index in [1.807, 2.05) is 30.3 Å². The van der Waals surface area contributed by atoms with Gasteiger partial charge in [0, 0.05) is 37.3 Å². The molecule has 2 amide bonds.